The number of nitrogens with zero attached hydrogens (tertiary/aromatic N) is 1. The van der Waals surface area contributed by atoms with Crippen molar-refractivity contribution < 1.29 is 9.53 Å². The van der Waals surface area contributed by atoms with Crippen LogP contribution in [0.4, 0.5) is 0 Å². The third kappa shape index (κ3) is 3.40. The van der Waals surface area contributed by atoms with Crippen molar-refractivity contribution in [2.75, 3.05) is 33.3 Å². The van der Waals surface area contributed by atoms with Crippen LogP contribution in [0.1, 0.15) is 37.3 Å². The Morgan fingerprint density at radius 1 is 1.32 bits per heavy atom. The van der Waals surface area contributed by atoms with E-state index in [2.05, 4.69) is 27.7 Å². The summed E-state index contributed by atoms with van der Waals surface area (Å²) in [4.78, 5) is 15.1. The first-order valence-corrected chi connectivity index (χ1v) is 9.67. The fourth-order valence-electron chi connectivity index (χ4n) is 4.71. The molecule has 2 aliphatic heterocycles. The number of ether oxygens (including phenoxy) is 1. The standard InChI is InChI=1S/C20H29N3O2/c1-25-17-8-4-3-7-14(17)16(23-11-5-2-6-12-23)13-22-20(24)18-15-9-10-21-19(15)18/h3-4,7-8,15-16,18-19,21H,2,5-6,9-13H2,1H3,(H,22,24)/t15-,16?,18-,19-/m1/s1. The molecule has 2 N–H and O–H groups in total. The Hall–Kier alpha value is -1.59. The molecule has 4 rings (SSSR count). The summed E-state index contributed by atoms with van der Waals surface area (Å²) in [7, 11) is 1.72. The van der Waals surface area contributed by atoms with Crippen molar-refractivity contribution >= 4 is 5.91 Å². The quantitative estimate of drug-likeness (QED) is 0.829. The number of para-hydroxylation sites is 1. The molecule has 5 nitrogen and oxygen atoms in total. The number of carbonyl (C=O) groups excluding carboxylic acids is 1. The number of benzene rings is 1. The van der Waals surface area contributed by atoms with Crippen LogP contribution in [0.25, 0.3) is 0 Å². The van der Waals surface area contributed by atoms with E-state index in [1.165, 1.54) is 24.8 Å². The maximum Gasteiger partial charge on any atom is 0.225 e. The van der Waals surface area contributed by atoms with E-state index in [1.54, 1.807) is 7.11 Å². The van der Waals surface area contributed by atoms with Gasteiger partial charge in [0.1, 0.15) is 5.75 Å². The maximum absolute atomic E-state index is 12.6. The molecule has 2 heterocycles. The van der Waals surface area contributed by atoms with Crippen LogP contribution < -0.4 is 15.4 Å². The smallest absolute Gasteiger partial charge is 0.225 e. The van der Waals surface area contributed by atoms with Crippen LogP contribution in [-0.4, -0.2) is 50.1 Å². The van der Waals surface area contributed by atoms with Crippen LogP contribution in [-0.2, 0) is 4.79 Å². The van der Waals surface area contributed by atoms with E-state index in [0.29, 0.717) is 18.5 Å². The zero-order chi connectivity index (χ0) is 17.2. The van der Waals surface area contributed by atoms with Crippen molar-refractivity contribution in [1.82, 2.24) is 15.5 Å². The third-order valence-electron chi connectivity index (χ3n) is 6.13. The summed E-state index contributed by atoms with van der Waals surface area (Å²) in [6, 6.07) is 8.84. The molecule has 1 aromatic rings. The molecular formula is C20H29N3O2. The highest BCUT2D eigenvalue weighted by molar-refractivity contribution is 5.83. The molecular weight excluding hydrogens is 314 g/mol. The lowest BCUT2D eigenvalue weighted by Gasteiger charge is -2.35. The van der Waals surface area contributed by atoms with E-state index in [4.69, 9.17) is 4.74 Å². The van der Waals surface area contributed by atoms with Gasteiger partial charge in [0, 0.05) is 18.2 Å². The fraction of sp³-hybridized carbons (Fsp3) is 0.650. The van der Waals surface area contributed by atoms with Crippen molar-refractivity contribution in [3.63, 3.8) is 0 Å². The van der Waals surface area contributed by atoms with Gasteiger partial charge in [-0.25, -0.2) is 0 Å². The van der Waals surface area contributed by atoms with Gasteiger partial charge in [-0.2, -0.15) is 0 Å². The van der Waals surface area contributed by atoms with Gasteiger partial charge < -0.3 is 15.4 Å². The molecule has 2 saturated heterocycles. The van der Waals surface area contributed by atoms with Gasteiger partial charge in [-0.1, -0.05) is 24.6 Å². The second kappa shape index (κ2) is 7.34. The molecule has 136 valence electrons. The number of rotatable bonds is 6. The molecule has 25 heavy (non-hydrogen) atoms. The lowest BCUT2D eigenvalue weighted by atomic mass is 10.0. The summed E-state index contributed by atoms with van der Waals surface area (Å²) in [5, 5.41) is 6.68. The van der Waals surface area contributed by atoms with Gasteiger partial charge in [0.2, 0.25) is 5.91 Å². The Bertz CT molecular complexity index is 605. The van der Waals surface area contributed by atoms with Gasteiger partial charge in [-0.05, 0) is 50.9 Å². The number of hydrogen-bond acceptors (Lipinski definition) is 4. The molecule has 0 spiro atoms. The summed E-state index contributed by atoms with van der Waals surface area (Å²) in [5.74, 6) is 1.89. The van der Waals surface area contributed by atoms with Crippen molar-refractivity contribution in [3.8, 4) is 5.75 Å². The van der Waals surface area contributed by atoms with Crippen molar-refractivity contribution in [1.29, 1.82) is 0 Å². The average molecular weight is 343 g/mol. The fourth-order valence-corrected chi connectivity index (χ4v) is 4.71. The molecule has 4 atom stereocenters. The van der Waals surface area contributed by atoms with Gasteiger partial charge in [-0.15, -0.1) is 0 Å². The Morgan fingerprint density at radius 3 is 2.84 bits per heavy atom. The van der Waals surface area contributed by atoms with Crippen LogP contribution in [0.3, 0.4) is 0 Å². The highest BCUT2D eigenvalue weighted by Gasteiger charge is 2.56. The van der Waals surface area contributed by atoms with E-state index in [0.717, 1.165) is 31.8 Å². The Labute approximate surface area is 150 Å². The van der Waals surface area contributed by atoms with Crippen LogP contribution >= 0.6 is 0 Å². The highest BCUT2D eigenvalue weighted by atomic mass is 16.5. The summed E-state index contributed by atoms with van der Waals surface area (Å²) in [5.41, 5.74) is 1.18. The van der Waals surface area contributed by atoms with E-state index in [1.807, 2.05) is 12.1 Å². The van der Waals surface area contributed by atoms with E-state index in [-0.39, 0.29) is 17.9 Å². The Kier molecular flexibility index (Phi) is 4.95. The zero-order valence-electron chi connectivity index (χ0n) is 15.0. The molecule has 1 saturated carbocycles. The first kappa shape index (κ1) is 16.9. The maximum atomic E-state index is 12.6. The molecule has 0 radical (unpaired) electrons. The molecule has 0 bridgehead atoms. The third-order valence-corrected chi connectivity index (χ3v) is 6.13. The Balaban J connectivity index is 1.46. The normalized spacial score (nSPS) is 29.7. The highest BCUT2D eigenvalue weighted by Crippen LogP contribution is 2.45. The van der Waals surface area contributed by atoms with Gasteiger partial charge in [-0.3, -0.25) is 9.69 Å². The number of methoxy groups -OCH3 is 1. The number of piperidine rings is 2. The van der Waals surface area contributed by atoms with Gasteiger partial charge >= 0.3 is 0 Å². The van der Waals surface area contributed by atoms with E-state index < -0.39 is 0 Å². The molecule has 5 heteroatoms. The van der Waals surface area contributed by atoms with E-state index >= 15 is 0 Å². The largest absolute Gasteiger partial charge is 0.496 e. The number of carbonyl (C=O) groups is 1. The minimum Gasteiger partial charge on any atom is -0.496 e. The number of likely N-dealkylation sites (tertiary alicyclic amines) is 1. The number of hydrogen-bond donors (Lipinski definition) is 2. The minimum atomic E-state index is 0.187. The van der Waals surface area contributed by atoms with Crippen molar-refractivity contribution in [2.24, 2.45) is 11.8 Å². The van der Waals surface area contributed by atoms with Crippen LogP contribution in [0.5, 0.6) is 5.75 Å². The second-order valence-electron chi connectivity index (χ2n) is 7.56. The summed E-state index contributed by atoms with van der Waals surface area (Å²) in [6.07, 6.45) is 4.91. The second-order valence-corrected chi connectivity index (χ2v) is 7.56. The van der Waals surface area contributed by atoms with Crippen molar-refractivity contribution in [2.45, 2.75) is 37.8 Å². The summed E-state index contributed by atoms with van der Waals surface area (Å²) in [6.45, 7) is 3.91. The predicted octanol–water partition coefficient (Wildman–Crippen LogP) is 1.95. The molecule has 1 aliphatic carbocycles. The first-order valence-electron chi connectivity index (χ1n) is 9.67. The van der Waals surface area contributed by atoms with Crippen LogP contribution in [0, 0.1) is 11.8 Å². The molecule has 1 amide bonds. The average Bonchev–Trinajstić information content (AvgIpc) is 3.15. The number of nitrogens with one attached hydrogen (secondary N) is 2. The van der Waals surface area contributed by atoms with Crippen LogP contribution in [0.15, 0.2) is 24.3 Å². The molecule has 0 aromatic heterocycles. The zero-order valence-corrected chi connectivity index (χ0v) is 15.0. The molecule has 1 aromatic carbocycles. The van der Waals surface area contributed by atoms with Gasteiger partial charge in [0.15, 0.2) is 0 Å². The first-order chi connectivity index (χ1) is 12.3. The predicted molar refractivity (Wildman–Crippen MR) is 97.6 cm³/mol. The minimum absolute atomic E-state index is 0.187. The lowest BCUT2D eigenvalue weighted by molar-refractivity contribution is -0.123. The lowest BCUT2D eigenvalue weighted by Crippen LogP contribution is -2.41. The van der Waals surface area contributed by atoms with Gasteiger partial charge in [0.05, 0.1) is 19.1 Å². The summed E-state index contributed by atoms with van der Waals surface area (Å²) >= 11 is 0. The van der Waals surface area contributed by atoms with Gasteiger partial charge in [0.25, 0.3) is 0 Å². The molecule has 3 fully saturated rings. The topological polar surface area (TPSA) is 53.6 Å². The monoisotopic (exact) mass is 343 g/mol. The Morgan fingerprint density at radius 2 is 2.12 bits per heavy atom. The summed E-state index contributed by atoms with van der Waals surface area (Å²) < 4.78 is 5.60. The number of amides is 1. The SMILES string of the molecule is COc1ccccc1C(CNC(=O)[C@@H]1[C@H]2CCN[C@H]21)N1CCCCC1. The molecule has 1 unspecified atom stereocenters. The van der Waals surface area contributed by atoms with Crippen LogP contribution in [0.2, 0.25) is 0 Å². The van der Waals surface area contributed by atoms with Crippen molar-refractivity contribution in [3.05, 3.63) is 29.8 Å². The number of fused-ring (bicyclic) bond motifs is 1. The molecule has 3 aliphatic rings. The van der Waals surface area contributed by atoms with E-state index in [9.17, 15) is 4.79 Å².